The minimum atomic E-state index is -0.920. The lowest BCUT2D eigenvalue weighted by Gasteiger charge is -2.30. The van der Waals surface area contributed by atoms with E-state index in [2.05, 4.69) is 26.6 Å². The van der Waals surface area contributed by atoms with Gasteiger partial charge in [0.1, 0.15) is 5.54 Å². The number of nitrogens with zero attached hydrogens (tertiary/aromatic N) is 1. The number of thiophene rings is 1. The van der Waals surface area contributed by atoms with Crippen LogP contribution in [-0.4, -0.2) is 36.6 Å². The molecule has 2 aliphatic rings. The fourth-order valence-corrected chi connectivity index (χ4v) is 5.44. The molecule has 4 rings (SSSR count). The van der Waals surface area contributed by atoms with Crippen LogP contribution in [-0.2, 0) is 9.53 Å². The number of benzene rings is 1. The Balaban J connectivity index is 1.49. The van der Waals surface area contributed by atoms with Crippen molar-refractivity contribution in [3.05, 3.63) is 44.6 Å². The maximum absolute atomic E-state index is 13.2. The van der Waals surface area contributed by atoms with E-state index >= 15 is 0 Å². The summed E-state index contributed by atoms with van der Waals surface area (Å²) in [5, 5.41) is 5.97. The van der Waals surface area contributed by atoms with Crippen LogP contribution < -0.4 is 15.5 Å². The monoisotopic (exact) mass is 505 g/mol. The number of hydrogen-bond acceptors (Lipinski definition) is 5. The molecule has 1 aliphatic carbocycles. The van der Waals surface area contributed by atoms with Crippen molar-refractivity contribution in [2.45, 2.75) is 44.6 Å². The molecular weight excluding hydrogens is 482 g/mol. The molecule has 1 aromatic heterocycles. The Morgan fingerprint density at radius 1 is 1.16 bits per heavy atom. The van der Waals surface area contributed by atoms with Crippen LogP contribution in [0.2, 0.25) is 0 Å². The van der Waals surface area contributed by atoms with Gasteiger partial charge in [-0.25, -0.2) is 4.79 Å². The topological polar surface area (TPSA) is 87.7 Å². The van der Waals surface area contributed by atoms with Crippen molar-refractivity contribution in [2.75, 3.05) is 23.4 Å². The number of hydrogen-bond donors (Lipinski definition) is 2. The highest BCUT2D eigenvalue weighted by molar-refractivity contribution is 9.11. The van der Waals surface area contributed by atoms with Gasteiger partial charge in [0.15, 0.2) is 0 Å². The second kappa shape index (κ2) is 9.00. The van der Waals surface area contributed by atoms with E-state index in [-0.39, 0.29) is 17.9 Å². The van der Waals surface area contributed by atoms with E-state index in [1.807, 2.05) is 25.1 Å². The largest absolute Gasteiger partial charge is 0.449 e. The minimum Gasteiger partial charge on any atom is -0.449 e. The number of rotatable bonds is 5. The molecule has 2 aromatic rings. The number of cyclic esters (lactones) is 1. The summed E-state index contributed by atoms with van der Waals surface area (Å²) in [7, 11) is 0. The third kappa shape index (κ3) is 4.62. The second-order valence-electron chi connectivity index (χ2n) is 7.92. The van der Waals surface area contributed by atoms with Crippen LogP contribution in [0.25, 0.3) is 0 Å². The maximum Gasteiger partial charge on any atom is 0.414 e. The molecule has 2 heterocycles. The highest BCUT2D eigenvalue weighted by atomic mass is 79.9. The molecule has 164 valence electrons. The van der Waals surface area contributed by atoms with Gasteiger partial charge >= 0.3 is 6.09 Å². The highest BCUT2D eigenvalue weighted by Crippen LogP contribution is 2.33. The van der Waals surface area contributed by atoms with Gasteiger partial charge < -0.3 is 15.4 Å². The molecule has 1 saturated heterocycles. The van der Waals surface area contributed by atoms with E-state index in [0.717, 1.165) is 34.3 Å². The van der Waals surface area contributed by atoms with Crippen LogP contribution in [0.4, 0.5) is 16.2 Å². The molecule has 3 amide bonds. The molecule has 7 nitrogen and oxygen atoms in total. The van der Waals surface area contributed by atoms with Gasteiger partial charge in [-0.3, -0.25) is 14.5 Å². The maximum atomic E-state index is 13.2. The molecule has 1 aliphatic heterocycles. The number of ether oxygens (including phenoxy) is 1. The molecule has 0 atom stereocenters. The van der Waals surface area contributed by atoms with Crippen molar-refractivity contribution in [3.63, 3.8) is 0 Å². The molecule has 0 spiro atoms. The summed E-state index contributed by atoms with van der Waals surface area (Å²) in [6, 6.07) is 9.02. The third-order valence-electron chi connectivity index (χ3n) is 5.76. The summed E-state index contributed by atoms with van der Waals surface area (Å²) < 4.78 is 6.00. The molecule has 0 bridgehead atoms. The summed E-state index contributed by atoms with van der Waals surface area (Å²) in [6.45, 7) is 2.95. The molecule has 0 radical (unpaired) electrons. The zero-order chi connectivity index (χ0) is 22.0. The average Bonchev–Trinajstić information content (AvgIpc) is 3.39. The Labute approximate surface area is 193 Å². The van der Waals surface area contributed by atoms with Gasteiger partial charge in [-0.05, 0) is 78.0 Å². The number of amides is 3. The quantitative estimate of drug-likeness (QED) is 0.607. The Morgan fingerprint density at radius 3 is 2.58 bits per heavy atom. The lowest BCUT2D eigenvalue weighted by Crippen LogP contribution is -2.54. The fraction of sp³-hybridized carbons (Fsp3) is 0.409. The second-order valence-corrected chi connectivity index (χ2v) is 10.4. The van der Waals surface area contributed by atoms with Gasteiger partial charge in [0, 0.05) is 12.2 Å². The molecule has 0 unspecified atom stereocenters. The Morgan fingerprint density at radius 2 is 1.94 bits per heavy atom. The number of anilines is 2. The van der Waals surface area contributed by atoms with Crippen LogP contribution >= 0.6 is 27.3 Å². The highest BCUT2D eigenvalue weighted by Gasteiger charge is 2.43. The first kappa shape index (κ1) is 21.8. The first-order valence-electron chi connectivity index (χ1n) is 10.3. The number of aryl methyl sites for hydroxylation is 1. The SMILES string of the molecule is Cc1cc(NC(=O)C2(NC(=O)c3ccc(Br)s3)CCCC2)ccc1N1CCCOC1=O. The van der Waals surface area contributed by atoms with Crippen LogP contribution in [0, 0.1) is 6.92 Å². The van der Waals surface area contributed by atoms with Crippen LogP contribution in [0.3, 0.4) is 0 Å². The van der Waals surface area contributed by atoms with Crippen molar-refractivity contribution in [1.29, 1.82) is 0 Å². The molecule has 2 N–H and O–H groups in total. The average molecular weight is 506 g/mol. The third-order valence-corrected chi connectivity index (χ3v) is 7.38. The Hall–Kier alpha value is -2.39. The van der Waals surface area contributed by atoms with Crippen LogP contribution in [0.5, 0.6) is 0 Å². The number of halogens is 1. The molecular formula is C22H24BrN3O4S. The van der Waals surface area contributed by atoms with Crippen molar-refractivity contribution in [1.82, 2.24) is 5.32 Å². The predicted molar refractivity (Wildman–Crippen MR) is 124 cm³/mol. The summed E-state index contributed by atoms with van der Waals surface area (Å²) in [5.74, 6) is -0.443. The summed E-state index contributed by atoms with van der Waals surface area (Å²) in [4.78, 5) is 40.2. The van der Waals surface area contributed by atoms with E-state index in [4.69, 9.17) is 4.74 Å². The van der Waals surface area contributed by atoms with Crippen molar-refractivity contribution in [2.24, 2.45) is 0 Å². The van der Waals surface area contributed by atoms with E-state index in [0.29, 0.717) is 36.6 Å². The zero-order valence-electron chi connectivity index (χ0n) is 17.2. The number of carbonyl (C=O) groups excluding carboxylic acids is 3. The van der Waals surface area contributed by atoms with Crippen molar-refractivity contribution >= 4 is 56.5 Å². The van der Waals surface area contributed by atoms with Crippen LogP contribution in [0.15, 0.2) is 34.1 Å². The van der Waals surface area contributed by atoms with Gasteiger partial charge in [0.05, 0.1) is 21.0 Å². The van der Waals surface area contributed by atoms with Gasteiger partial charge in [0.25, 0.3) is 5.91 Å². The van der Waals surface area contributed by atoms with Crippen molar-refractivity contribution in [3.8, 4) is 0 Å². The molecule has 9 heteroatoms. The minimum absolute atomic E-state index is 0.210. The Bertz CT molecular complexity index is 1020. The van der Waals surface area contributed by atoms with Crippen LogP contribution in [0.1, 0.15) is 47.3 Å². The summed E-state index contributed by atoms with van der Waals surface area (Å²) in [6.07, 6.45) is 3.42. The zero-order valence-corrected chi connectivity index (χ0v) is 19.6. The van der Waals surface area contributed by atoms with Gasteiger partial charge in [-0.15, -0.1) is 11.3 Å². The molecule has 1 saturated carbocycles. The lowest BCUT2D eigenvalue weighted by atomic mass is 9.95. The predicted octanol–water partition coefficient (Wildman–Crippen LogP) is 4.85. The van der Waals surface area contributed by atoms with Gasteiger partial charge in [0.2, 0.25) is 5.91 Å². The molecule has 31 heavy (non-hydrogen) atoms. The first-order valence-corrected chi connectivity index (χ1v) is 11.9. The normalized spacial score (nSPS) is 17.9. The smallest absolute Gasteiger partial charge is 0.414 e. The Kier molecular flexibility index (Phi) is 6.34. The lowest BCUT2D eigenvalue weighted by molar-refractivity contribution is -0.122. The van der Waals surface area contributed by atoms with E-state index in [1.165, 1.54) is 11.3 Å². The summed E-state index contributed by atoms with van der Waals surface area (Å²) >= 11 is 4.71. The van der Waals surface area contributed by atoms with E-state index in [1.54, 1.807) is 17.0 Å². The van der Waals surface area contributed by atoms with Gasteiger partial charge in [-0.2, -0.15) is 0 Å². The van der Waals surface area contributed by atoms with Gasteiger partial charge in [-0.1, -0.05) is 12.8 Å². The number of nitrogens with one attached hydrogen (secondary N) is 2. The fourth-order valence-electron chi connectivity index (χ4n) is 4.16. The van der Waals surface area contributed by atoms with E-state index in [9.17, 15) is 14.4 Å². The molecule has 1 aromatic carbocycles. The molecule has 2 fully saturated rings. The standard InChI is InChI=1S/C22H24BrN3O4S/c1-14-13-15(5-6-16(14)26-11-4-12-30-21(26)29)24-20(28)22(9-2-3-10-22)25-19(27)17-7-8-18(23)31-17/h5-8,13H,2-4,9-12H2,1H3,(H,24,28)(H,25,27). The summed E-state index contributed by atoms with van der Waals surface area (Å²) in [5.41, 5.74) is 1.35. The number of carbonyl (C=O) groups is 3. The van der Waals surface area contributed by atoms with E-state index < -0.39 is 5.54 Å². The first-order chi connectivity index (χ1) is 14.9. The van der Waals surface area contributed by atoms with Crippen molar-refractivity contribution < 1.29 is 19.1 Å².